The lowest BCUT2D eigenvalue weighted by Gasteiger charge is -2.33. The van der Waals surface area contributed by atoms with Crippen LogP contribution in [0.3, 0.4) is 0 Å². The summed E-state index contributed by atoms with van der Waals surface area (Å²) < 4.78 is 5.83. The molecular weight excluding hydrogens is 450 g/mol. The number of anilines is 1. The summed E-state index contributed by atoms with van der Waals surface area (Å²) in [5.41, 5.74) is 0.922. The van der Waals surface area contributed by atoms with Crippen LogP contribution in [0.15, 0.2) is 45.5 Å². The molecule has 1 N–H and O–H groups in total. The highest BCUT2D eigenvalue weighted by atomic mass is 79.9. The predicted molar refractivity (Wildman–Crippen MR) is 118 cm³/mol. The predicted octanol–water partition coefficient (Wildman–Crippen LogP) is 3.70. The number of nitrogens with zero attached hydrogens (tertiary/aromatic N) is 2. The molecule has 1 fully saturated rings. The fourth-order valence-electron chi connectivity index (χ4n) is 3.59. The standard InChI is InChI=1S/C22H26BrN3O4/c1-3-12-24-20(27)15-7-6-13-26(14-15)21(28)16-8-4-5-9-17(16)25(2)22(29)18-10-11-19(23)30-18/h4-5,8-11,15H,3,6-7,12-14H2,1-2H3,(H,24,27). The van der Waals surface area contributed by atoms with E-state index >= 15 is 0 Å². The van der Waals surface area contributed by atoms with Gasteiger partial charge in [-0.3, -0.25) is 14.4 Å². The third-order valence-electron chi connectivity index (χ3n) is 5.21. The van der Waals surface area contributed by atoms with Crippen LogP contribution in [0, 0.1) is 5.92 Å². The molecule has 2 heterocycles. The van der Waals surface area contributed by atoms with Crippen molar-refractivity contribution in [1.29, 1.82) is 0 Å². The highest BCUT2D eigenvalue weighted by molar-refractivity contribution is 9.10. The van der Waals surface area contributed by atoms with Gasteiger partial charge in [0.2, 0.25) is 5.91 Å². The Balaban J connectivity index is 1.78. The third-order valence-corrected chi connectivity index (χ3v) is 5.64. The maximum absolute atomic E-state index is 13.3. The van der Waals surface area contributed by atoms with Crippen LogP contribution in [-0.4, -0.2) is 49.3 Å². The zero-order valence-electron chi connectivity index (χ0n) is 17.2. The molecule has 1 aromatic heterocycles. The van der Waals surface area contributed by atoms with Crippen LogP contribution in [0.2, 0.25) is 0 Å². The summed E-state index contributed by atoms with van der Waals surface area (Å²) in [4.78, 5) is 41.6. The first-order valence-electron chi connectivity index (χ1n) is 10.1. The number of benzene rings is 1. The molecule has 0 bridgehead atoms. The molecule has 30 heavy (non-hydrogen) atoms. The molecule has 1 aliphatic rings. The third kappa shape index (κ3) is 4.92. The van der Waals surface area contributed by atoms with E-state index in [0.29, 0.717) is 35.6 Å². The fraction of sp³-hybridized carbons (Fsp3) is 0.409. The number of piperidine rings is 1. The number of hydrogen-bond acceptors (Lipinski definition) is 4. The molecule has 0 saturated carbocycles. The molecule has 0 radical (unpaired) electrons. The van der Waals surface area contributed by atoms with E-state index in [1.54, 1.807) is 48.3 Å². The van der Waals surface area contributed by atoms with Crippen molar-refractivity contribution < 1.29 is 18.8 Å². The van der Waals surface area contributed by atoms with Gasteiger partial charge in [0, 0.05) is 26.7 Å². The minimum absolute atomic E-state index is 0.00155. The molecule has 1 aliphatic heterocycles. The van der Waals surface area contributed by atoms with Gasteiger partial charge in [0.05, 0.1) is 17.2 Å². The van der Waals surface area contributed by atoms with Crippen LogP contribution in [-0.2, 0) is 4.79 Å². The van der Waals surface area contributed by atoms with Crippen LogP contribution in [0.4, 0.5) is 5.69 Å². The molecule has 1 unspecified atom stereocenters. The molecule has 8 heteroatoms. The quantitative estimate of drug-likeness (QED) is 0.690. The summed E-state index contributed by atoms with van der Waals surface area (Å²) >= 11 is 3.20. The Hall–Kier alpha value is -2.61. The van der Waals surface area contributed by atoms with Crippen LogP contribution >= 0.6 is 15.9 Å². The van der Waals surface area contributed by atoms with E-state index in [0.717, 1.165) is 19.3 Å². The lowest BCUT2D eigenvalue weighted by Crippen LogP contribution is -2.46. The summed E-state index contributed by atoms with van der Waals surface area (Å²) in [6.45, 7) is 3.62. The minimum atomic E-state index is -0.351. The maximum Gasteiger partial charge on any atom is 0.293 e. The zero-order valence-corrected chi connectivity index (χ0v) is 18.8. The van der Waals surface area contributed by atoms with E-state index in [2.05, 4.69) is 21.2 Å². The molecule has 3 rings (SSSR count). The number of para-hydroxylation sites is 1. The Labute approximate surface area is 184 Å². The summed E-state index contributed by atoms with van der Waals surface area (Å²) in [5.74, 6) is -0.563. The minimum Gasteiger partial charge on any atom is -0.444 e. The summed E-state index contributed by atoms with van der Waals surface area (Å²) in [7, 11) is 1.61. The van der Waals surface area contributed by atoms with Gasteiger partial charge in [0.25, 0.3) is 11.8 Å². The van der Waals surface area contributed by atoms with Gasteiger partial charge in [-0.15, -0.1) is 0 Å². The van der Waals surface area contributed by atoms with Crippen molar-refractivity contribution in [3.63, 3.8) is 0 Å². The van der Waals surface area contributed by atoms with E-state index in [4.69, 9.17) is 4.42 Å². The molecule has 0 spiro atoms. The number of nitrogens with one attached hydrogen (secondary N) is 1. The normalized spacial score (nSPS) is 16.2. The number of rotatable bonds is 6. The largest absolute Gasteiger partial charge is 0.444 e. The van der Waals surface area contributed by atoms with Gasteiger partial charge in [-0.25, -0.2) is 0 Å². The van der Waals surface area contributed by atoms with Crippen LogP contribution < -0.4 is 10.2 Å². The molecule has 0 aliphatic carbocycles. The van der Waals surface area contributed by atoms with Gasteiger partial charge in [0.15, 0.2) is 10.4 Å². The number of furan rings is 1. The number of amides is 3. The smallest absolute Gasteiger partial charge is 0.293 e. The van der Waals surface area contributed by atoms with Gasteiger partial charge in [-0.1, -0.05) is 19.1 Å². The molecular formula is C22H26BrN3O4. The average molecular weight is 476 g/mol. The first-order valence-corrected chi connectivity index (χ1v) is 10.9. The van der Waals surface area contributed by atoms with Gasteiger partial charge < -0.3 is 19.5 Å². The summed E-state index contributed by atoms with van der Waals surface area (Å²) in [6, 6.07) is 10.2. The van der Waals surface area contributed by atoms with Crippen molar-refractivity contribution in [2.45, 2.75) is 26.2 Å². The first-order chi connectivity index (χ1) is 14.4. The number of carbonyl (C=O) groups is 3. The molecule has 2 aromatic rings. The Kier molecular flexibility index (Phi) is 7.31. The second-order valence-corrected chi connectivity index (χ2v) is 8.15. The molecule has 7 nitrogen and oxygen atoms in total. The molecule has 160 valence electrons. The molecule has 3 amide bonds. The van der Waals surface area contributed by atoms with E-state index in [9.17, 15) is 14.4 Å². The molecule has 1 atom stereocenters. The summed E-state index contributed by atoms with van der Waals surface area (Å²) in [5, 5.41) is 2.92. The van der Waals surface area contributed by atoms with E-state index in [1.165, 1.54) is 4.90 Å². The topological polar surface area (TPSA) is 82.9 Å². The highest BCUT2D eigenvalue weighted by Crippen LogP contribution is 2.26. The van der Waals surface area contributed by atoms with Crippen molar-refractivity contribution in [1.82, 2.24) is 10.2 Å². The lowest BCUT2D eigenvalue weighted by atomic mass is 9.96. The number of hydrogen-bond donors (Lipinski definition) is 1. The molecule has 1 aromatic carbocycles. The van der Waals surface area contributed by atoms with Crippen molar-refractivity contribution in [2.75, 3.05) is 31.6 Å². The maximum atomic E-state index is 13.3. The van der Waals surface area contributed by atoms with Gasteiger partial charge in [0.1, 0.15) is 0 Å². The van der Waals surface area contributed by atoms with Crippen molar-refractivity contribution in [3.8, 4) is 0 Å². The highest BCUT2D eigenvalue weighted by Gasteiger charge is 2.30. The second kappa shape index (κ2) is 9.93. The first kappa shape index (κ1) is 22.1. The van der Waals surface area contributed by atoms with Gasteiger partial charge in [-0.05, 0) is 59.5 Å². The van der Waals surface area contributed by atoms with Crippen LogP contribution in [0.5, 0.6) is 0 Å². The van der Waals surface area contributed by atoms with E-state index < -0.39 is 0 Å². The van der Waals surface area contributed by atoms with Crippen molar-refractivity contribution in [2.24, 2.45) is 5.92 Å². The number of likely N-dealkylation sites (tertiary alicyclic amines) is 1. The fourth-order valence-corrected chi connectivity index (χ4v) is 3.90. The van der Waals surface area contributed by atoms with Crippen molar-refractivity contribution >= 4 is 39.3 Å². The summed E-state index contributed by atoms with van der Waals surface area (Å²) in [6.07, 6.45) is 2.42. The lowest BCUT2D eigenvalue weighted by molar-refractivity contribution is -0.126. The Bertz CT molecular complexity index is 927. The Morgan fingerprint density at radius 3 is 2.70 bits per heavy atom. The number of halogens is 1. The van der Waals surface area contributed by atoms with Crippen LogP contribution in [0.25, 0.3) is 0 Å². The molecule has 1 saturated heterocycles. The van der Waals surface area contributed by atoms with Crippen LogP contribution in [0.1, 0.15) is 47.1 Å². The zero-order chi connectivity index (χ0) is 21.7. The number of carbonyl (C=O) groups excluding carboxylic acids is 3. The average Bonchev–Trinajstić information content (AvgIpc) is 3.22. The Morgan fingerprint density at radius 2 is 2.00 bits per heavy atom. The second-order valence-electron chi connectivity index (χ2n) is 7.37. The van der Waals surface area contributed by atoms with E-state index in [-0.39, 0.29) is 29.4 Å². The van der Waals surface area contributed by atoms with Gasteiger partial charge >= 0.3 is 0 Å². The monoisotopic (exact) mass is 475 g/mol. The SMILES string of the molecule is CCCNC(=O)C1CCCN(C(=O)c2ccccc2N(C)C(=O)c2ccc(Br)o2)C1. The Morgan fingerprint density at radius 1 is 1.23 bits per heavy atom. The van der Waals surface area contributed by atoms with E-state index in [1.807, 2.05) is 6.92 Å². The van der Waals surface area contributed by atoms with Gasteiger partial charge in [-0.2, -0.15) is 0 Å². The van der Waals surface area contributed by atoms with Crippen molar-refractivity contribution in [3.05, 3.63) is 52.4 Å².